The summed E-state index contributed by atoms with van der Waals surface area (Å²) < 4.78 is 0. The Bertz CT molecular complexity index is 815. The van der Waals surface area contributed by atoms with Crippen LogP contribution in [0.4, 0.5) is 16.3 Å². The van der Waals surface area contributed by atoms with Crippen LogP contribution < -0.4 is 10.2 Å². The van der Waals surface area contributed by atoms with Crippen LogP contribution in [-0.4, -0.2) is 67.1 Å². The largest absolute Gasteiger partial charge is 0.355 e. The third-order valence-corrected chi connectivity index (χ3v) is 6.49. The third-order valence-electron chi connectivity index (χ3n) is 6.49. The van der Waals surface area contributed by atoms with Crippen molar-refractivity contribution in [2.75, 3.05) is 50.5 Å². The van der Waals surface area contributed by atoms with Crippen molar-refractivity contribution in [3.63, 3.8) is 0 Å². The van der Waals surface area contributed by atoms with Crippen LogP contribution in [0.5, 0.6) is 0 Å². The van der Waals surface area contributed by atoms with Crippen LogP contribution in [-0.2, 0) is 6.42 Å². The van der Waals surface area contributed by atoms with Gasteiger partial charge in [0.05, 0.1) is 11.9 Å². The van der Waals surface area contributed by atoms with Crippen molar-refractivity contribution in [2.45, 2.75) is 31.7 Å². The zero-order valence-electron chi connectivity index (χ0n) is 18.1. The van der Waals surface area contributed by atoms with Crippen molar-refractivity contribution in [3.8, 4) is 0 Å². The van der Waals surface area contributed by atoms with E-state index in [1.54, 1.807) is 6.20 Å². The lowest BCUT2D eigenvalue weighted by Crippen LogP contribution is -2.41. The highest BCUT2D eigenvalue weighted by Crippen LogP contribution is 2.24. The molecule has 160 valence electrons. The standard InChI is InChI=1S/C24H33N5O/c1-27(2)22-12-15-29(18-22)23-9-8-21(17-25-23)26-24(30)28-13-10-20(11-14-28)16-19-6-4-3-5-7-19/h3-9,17,20,22H,10-16,18H2,1-2H3,(H,26,30)/t22-/m1/s1. The van der Waals surface area contributed by atoms with Gasteiger partial charge in [-0.3, -0.25) is 0 Å². The van der Waals surface area contributed by atoms with Crippen LogP contribution in [0.1, 0.15) is 24.8 Å². The second-order valence-corrected chi connectivity index (χ2v) is 8.81. The van der Waals surface area contributed by atoms with Gasteiger partial charge in [0.25, 0.3) is 0 Å². The monoisotopic (exact) mass is 407 g/mol. The van der Waals surface area contributed by atoms with Gasteiger partial charge in [-0.25, -0.2) is 9.78 Å². The number of likely N-dealkylation sites (N-methyl/N-ethyl adjacent to an activating group) is 1. The van der Waals surface area contributed by atoms with E-state index < -0.39 is 0 Å². The van der Waals surface area contributed by atoms with Crippen molar-refractivity contribution in [1.29, 1.82) is 0 Å². The van der Waals surface area contributed by atoms with Crippen molar-refractivity contribution >= 4 is 17.5 Å². The fourth-order valence-corrected chi connectivity index (χ4v) is 4.51. The highest BCUT2D eigenvalue weighted by molar-refractivity contribution is 5.89. The predicted octanol–water partition coefficient (Wildman–Crippen LogP) is 3.71. The maximum atomic E-state index is 12.7. The number of hydrogen-bond donors (Lipinski definition) is 1. The van der Waals surface area contributed by atoms with Gasteiger partial charge in [0.1, 0.15) is 5.82 Å². The second kappa shape index (κ2) is 9.47. The molecule has 2 fully saturated rings. The number of nitrogens with one attached hydrogen (secondary N) is 1. The average Bonchev–Trinajstić information content (AvgIpc) is 3.26. The molecule has 1 atom stereocenters. The molecule has 0 aliphatic carbocycles. The molecule has 2 saturated heterocycles. The van der Waals surface area contributed by atoms with E-state index in [9.17, 15) is 4.79 Å². The molecule has 4 rings (SSSR count). The molecule has 0 bridgehead atoms. The molecule has 30 heavy (non-hydrogen) atoms. The van der Waals surface area contributed by atoms with E-state index in [1.165, 1.54) is 5.56 Å². The molecule has 2 amide bonds. The highest BCUT2D eigenvalue weighted by atomic mass is 16.2. The zero-order chi connectivity index (χ0) is 20.9. The van der Waals surface area contributed by atoms with Gasteiger partial charge in [-0.1, -0.05) is 30.3 Å². The first-order valence-corrected chi connectivity index (χ1v) is 11.1. The maximum Gasteiger partial charge on any atom is 0.321 e. The van der Waals surface area contributed by atoms with Crippen LogP contribution in [0, 0.1) is 5.92 Å². The smallest absolute Gasteiger partial charge is 0.321 e. The van der Waals surface area contributed by atoms with Gasteiger partial charge in [0.15, 0.2) is 0 Å². The fourth-order valence-electron chi connectivity index (χ4n) is 4.51. The Morgan fingerprint density at radius 1 is 1.07 bits per heavy atom. The Balaban J connectivity index is 1.24. The van der Waals surface area contributed by atoms with Gasteiger partial charge < -0.3 is 20.0 Å². The molecule has 0 radical (unpaired) electrons. The van der Waals surface area contributed by atoms with E-state index in [-0.39, 0.29) is 6.03 Å². The lowest BCUT2D eigenvalue weighted by Gasteiger charge is -2.32. The molecule has 2 aromatic rings. The van der Waals surface area contributed by atoms with Crippen LogP contribution >= 0.6 is 0 Å². The lowest BCUT2D eigenvalue weighted by atomic mass is 9.90. The normalized spacial score (nSPS) is 20.0. The van der Waals surface area contributed by atoms with Crippen molar-refractivity contribution in [3.05, 3.63) is 54.2 Å². The van der Waals surface area contributed by atoms with Gasteiger partial charge >= 0.3 is 6.03 Å². The van der Waals surface area contributed by atoms with Crippen LogP contribution in [0.15, 0.2) is 48.7 Å². The minimum Gasteiger partial charge on any atom is -0.355 e. The molecule has 1 aromatic carbocycles. The number of benzene rings is 1. The molecule has 3 heterocycles. The van der Waals surface area contributed by atoms with E-state index in [0.717, 1.165) is 63.4 Å². The number of rotatable bonds is 5. The SMILES string of the molecule is CN(C)[C@@H]1CCN(c2ccc(NC(=O)N3CCC(Cc4ccccc4)CC3)cn2)C1. The Morgan fingerprint density at radius 3 is 2.47 bits per heavy atom. The van der Waals surface area contributed by atoms with E-state index in [1.807, 2.05) is 17.0 Å². The minimum atomic E-state index is -0.0171. The summed E-state index contributed by atoms with van der Waals surface area (Å²) in [6, 6.07) is 15.2. The summed E-state index contributed by atoms with van der Waals surface area (Å²) in [5.74, 6) is 1.64. The molecular formula is C24H33N5O. The predicted molar refractivity (Wildman–Crippen MR) is 122 cm³/mol. The van der Waals surface area contributed by atoms with Gasteiger partial charge in [0, 0.05) is 32.2 Å². The van der Waals surface area contributed by atoms with Crippen molar-refractivity contribution < 1.29 is 4.79 Å². The number of hydrogen-bond acceptors (Lipinski definition) is 4. The Kier molecular flexibility index (Phi) is 6.53. The molecule has 6 heteroatoms. The minimum absolute atomic E-state index is 0.0171. The number of carbonyl (C=O) groups is 1. The summed E-state index contributed by atoms with van der Waals surface area (Å²) in [7, 11) is 4.26. The number of aromatic nitrogens is 1. The number of urea groups is 1. The van der Waals surface area contributed by atoms with Crippen LogP contribution in [0.3, 0.4) is 0 Å². The summed E-state index contributed by atoms with van der Waals surface area (Å²) in [5.41, 5.74) is 2.15. The van der Waals surface area contributed by atoms with E-state index in [4.69, 9.17) is 0 Å². The first-order chi connectivity index (χ1) is 14.6. The summed E-state index contributed by atoms with van der Waals surface area (Å²) >= 11 is 0. The highest BCUT2D eigenvalue weighted by Gasteiger charge is 2.25. The molecule has 0 unspecified atom stereocenters. The fraction of sp³-hybridized carbons (Fsp3) is 0.500. The van der Waals surface area contributed by atoms with E-state index >= 15 is 0 Å². The molecule has 2 aliphatic heterocycles. The number of anilines is 2. The topological polar surface area (TPSA) is 51.7 Å². The lowest BCUT2D eigenvalue weighted by molar-refractivity contribution is 0.182. The zero-order valence-corrected chi connectivity index (χ0v) is 18.1. The molecule has 6 nitrogen and oxygen atoms in total. The number of amides is 2. The van der Waals surface area contributed by atoms with Crippen LogP contribution in [0.25, 0.3) is 0 Å². The van der Waals surface area contributed by atoms with Gasteiger partial charge in [-0.05, 0) is 63.4 Å². The van der Waals surface area contributed by atoms with Gasteiger partial charge in [-0.15, -0.1) is 0 Å². The summed E-state index contributed by atoms with van der Waals surface area (Å²) in [5, 5.41) is 3.02. The Morgan fingerprint density at radius 2 is 1.83 bits per heavy atom. The molecule has 0 saturated carbocycles. The maximum absolute atomic E-state index is 12.7. The first kappa shape index (κ1) is 20.7. The Labute approximate surface area is 179 Å². The number of nitrogens with zero attached hydrogens (tertiary/aromatic N) is 4. The summed E-state index contributed by atoms with van der Waals surface area (Å²) in [6.45, 7) is 3.66. The van der Waals surface area contributed by atoms with Crippen molar-refractivity contribution in [1.82, 2.24) is 14.8 Å². The first-order valence-electron chi connectivity index (χ1n) is 11.1. The van der Waals surface area contributed by atoms with Gasteiger partial charge in [-0.2, -0.15) is 0 Å². The van der Waals surface area contributed by atoms with Gasteiger partial charge in [0.2, 0.25) is 0 Å². The molecule has 0 spiro atoms. The van der Waals surface area contributed by atoms with E-state index in [0.29, 0.717) is 12.0 Å². The molecule has 1 N–H and O–H groups in total. The van der Waals surface area contributed by atoms with Crippen LogP contribution in [0.2, 0.25) is 0 Å². The summed E-state index contributed by atoms with van der Waals surface area (Å²) in [4.78, 5) is 23.8. The number of carbonyl (C=O) groups excluding carboxylic acids is 1. The van der Waals surface area contributed by atoms with Crippen molar-refractivity contribution in [2.24, 2.45) is 5.92 Å². The van der Waals surface area contributed by atoms with E-state index in [2.05, 4.69) is 64.5 Å². The quantitative estimate of drug-likeness (QED) is 0.821. The molecule has 1 aromatic heterocycles. The molecular weight excluding hydrogens is 374 g/mol. The average molecular weight is 408 g/mol. The number of likely N-dealkylation sites (tertiary alicyclic amines) is 1. The number of pyridine rings is 1. The number of piperidine rings is 1. The molecule has 2 aliphatic rings. The Hall–Kier alpha value is -2.60. The summed E-state index contributed by atoms with van der Waals surface area (Å²) in [6.07, 6.45) is 6.15. The third kappa shape index (κ3) is 5.11. The second-order valence-electron chi connectivity index (χ2n) is 8.81.